The van der Waals surface area contributed by atoms with Gasteiger partial charge in [0.05, 0.1) is 13.0 Å². The number of aryl methyl sites for hydroxylation is 2. The fraction of sp³-hybridized carbons (Fsp3) is 0.381. The molecule has 3 nitrogen and oxygen atoms in total. The summed E-state index contributed by atoms with van der Waals surface area (Å²) >= 11 is 0. The molecule has 0 radical (unpaired) electrons. The van der Waals surface area contributed by atoms with Crippen LogP contribution in [-0.4, -0.2) is 19.1 Å². The third kappa shape index (κ3) is 4.47. The Balaban J connectivity index is 2.53. The molecule has 0 bridgehead atoms. The SMILES string of the molecule is CCNC(CC(=O)OCC)c1cc(-c2c(C)cccc2C)cc(F)c1F. The molecule has 140 valence electrons. The molecule has 0 aliphatic heterocycles. The molecule has 1 unspecified atom stereocenters. The van der Waals surface area contributed by atoms with E-state index in [1.54, 1.807) is 13.0 Å². The van der Waals surface area contributed by atoms with Gasteiger partial charge in [-0.2, -0.15) is 0 Å². The van der Waals surface area contributed by atoms with Gasteiger partial charge >= 0.3 is 5.97 Å². The van der Waals surface area contributed by atoms with Crippen LogP contribution in [0.3, 0.4) is 0 Å². The summed E-state index contributed by atoms with van der Waals surface area (Å²) < 4.78 is 33.9. The number of rotatable bonds is 7. The van der Waals surface area contributed by atoms with E-state index in [0.717, 1.165) is 16.7 Å². The Bertz CT molecular complexity index is 770. The van der Waals surface area contributed by atoms with Gasteiger partial charge in [-0.25, -0.2) is 8.78 Å². The normalized spacial score (nSPS) is 12.1. The maximum atomic E-state index is 14.5. The summed E-state index contributed by atoms with van der Waals surface area (Å²) in [6.45, 7) is 8.19. The molecular weight excluding hydrogens is 336 g/mol. The largest absolute Gasteiger partial charge is 0.466 e. The standard InChI is InChI=1S/C21H25F2NO2/c1-5-24-18(12-19(25)26-6-2)16-10-15(11-17(22)21(16)23)20-13(3)8-7-9-14(20)4/h7-11,18,24H,5-6,12H2,1-4H3. The van der Waals surface area contributed by atoms with Crippen molar-refractivity contribution in [1.82, 2.24) is 5.32 Å². The number of halogens is 2. The molecule has 5 heteroatoms. The number of esters is 1. The van der Waals surface area contributed by atoms with Gasteiger partial charge in [-0.15, -0.1) is 0 Å². The molecule has 0 aliphatic carbocycles. The van der Waals surface area contributed by atoms with Gasteiger partial charge in [-0.1, -0.05) is 25.1 Å². The minimum Gasteiger partial charge on any atom is -0.466 e. The highest BCUT2D eigenvalue weighted by molar-refractivity contribution is 5.73. The fourth-order valence-electron chi connectivity index (χ4n) is 3.20. The molecule has 0 aromatic heterocycles. The van der Waals surface area contributed by atoms with Gasteiger partial charge in [0.15, 0.2) is 11.6 Å². The maximum Gasteiger partial charge on any atom is 0.307 e. The van der Waals surface area contributed by atoms with Crippen LogP contribution in [0.4, 0.5) is 8.78 Å². The van der Waals surface area contributed by atoms with Crippen molar-refractivity contribution < 1.29 is 18.3 Å². The zero-order valence-corrected chi connectivity index (χ0v) is 15.7. The van der Waals surface area contributed by atoms with E-state index in [1.165, 1.54) is 6.07 Å². The fourth-order valence-corrected chi connectivity index (χ4v) is 3.20. The quantitative estimate of drug-likeness (QED) is 0.716. The van der Waals surface area contributed by atoms with E-state index in [2.05, 4.69) is 5.32 Å². The van der Waals surface area contributed by atoms with Crippen molar-refractivity contribution >= 4 is 5.97 Å². The summed E-state index contributed by atoms with van der Waals surface area (Å²) in [7, 11) is 0. The Morgan fingerprint density at radius 1 is 1.15 bits per heavy atom. The van der Waals surface area contributed by atoms with Crippen molar-refractivity contribution in [1.29, 1.82) is 0 Å². The minimum absolute atomic E-state index is 0.0613. The Labute approximate surface area is 153 Å². The number of hydrogen-bond donors (Lipinski definition) is 1. The smallest absolute Gasteiger partial charge is 0.307 e. The van der Waals surface area contributed by atoms with Gasteiger partial charge in [0.25, 0.3) is 0 Å². The molecule has 0 aliphatic rings. The van der Waals surface area contributed by atoms with Crippen molar-refractivity contribution in [3.05, 3.63) is 58.7 Å². The summed E-state index contributed by atoms with van der Waals surface area (Å²) in [6, 6.07) is 7.98. The zero-order chi connectivity index (χ0) is 19.3. The van der Waals surface area contributed by atoms with Crippen LogP contribution < -0.4 is 5.32 Å². The van der Waals surface area contributed by atoms with Gasteiger partial charge in [-0.05, 0) is 61.7 Å². The van der Waals surface area contributed by atoms with Crippen molar-refractivity contribution in [3.8, 4) is 11.1 Å². The van der Waals surface area contributed by atoms with Crippen LogP contribution >= 0.6 is 0 Å². The highest BCUT2D eigenvalue weighted by Crippen LogP contribution is 2.32. The van der Waals surface area contributed by atoms with Crippen molar-refractivity contribution in [2.45, 2.75) is 40.2 Å². The van der Waals surface area contributed by atoms with E-state index >= 15 is 0 Å². The first kappa shape index (κ1) is 20.0. The lowest BCUT2D eigenvalue weighted by molar-refractivity contribution is -0.143. The third-order valence-corrected chi connectivity index (χ3v) is 4.33. The molecule has 0 saturated carbocycles. The van der Waals surface area contributed by atoms with Crippen LogP contribution in [0.15, 0.2) is 30.3 Å². The highest BCUT2D eigenvalue weighted by Gasteiger charge is 2.23. The molecule has 1 N–H and O–H groups in total. The molecule has 0 saturated heterocycles. The molecular formula is C21H25F2NO2. The van der Waals surface area contributed by atoms with E-state index in [-0.39, 0.29) is 18.6 Å². The molecule has 0 fully saturated rings. The molecule has 2 aromatic rings. The van der Waals surface area contributed by atoms with Crippen LogP contribution in [0.1, 0.15) is 43.0 Å². The lowest BCUT2D eigenvalue weighted by atomic mass is 9.92. The first-order valence-electron chi connectivity index (χ1n) is 8.83. The number of ether oxygens (including phenoxy) is 1. The molecule has 0 heterocycles. The second-order valence-corrected chi connectivity index (χ2v) is 6.25. The summed E-state index contributed by atoms with van der Waals surface area (Å²) in [5.41, 5.74) is 3.57. The van der Waals surface area contributed by atoms with E-state index in [9.17, 15) is 13.6 Å². The van der Waals surface area contributed by atoms with Crippen LogP contribution in [-0.2, 0) is 9.53 Å². The van der Waals surface area contributed by atoms with E-state index in [4.69, 9.17) is 4.74 Å². The minimum atomic E-state index is -0.935. The van der Waals surface area contributed by atoms with Crippen molar-refractivity contribution in [2.24, 2.45) is 0 Å². The average Bonchev–Trinajstić information content (AvgIpc) is 2.57. The second kappa shape index (κ2) is 8.90. The topological polar surface area (TPSA) is 38.3 Å². The first-order valence-corrected chi connectivity index (χ1v) is 8.83. The second-order valence-electron chi connectivity index (χ2n) is 6.25. The maximum absolute atomic E-state index is 14.5. The molecule has 26 heavy (non-hydrogen) atoms. The van der Waals surface area contributed by atoms with E-state index < -0.39 is 23.6 Å². The first-order chi connectivity index (χ1) is 12.4. The Morgan fingerprint density at radius 2 is 1.81 bits per heavy atom. The number of benzene rings is 2. The monoisotopic (exact) mass is 361 g/mol. The number of carbonyl (C=O) groups excluding carboxylic acids is 1. The predicted molar refractivity (Wildman–Crippen MR) is 98.9 cm³/mol. The Hall–Kier alpha value is -2.27. The number of nitrogens with one attached hydrogen (secondary N) is 1. The van der Waals surface area contributed by atoms with Gasteiger partial charge in [0, 0.05) is 11.6 Å². The van der Waals surface area contributed by atoms with Crippen LogP contribution in [0.2, 0.25) is 0 Å². The van der Waals surface area contributed by atoms with Gasteiger partial charge < -0.3 is 10.1 Å². The molecule has 0 spiro atoms. The molecule has 2 rings (SSSR count). The third-order valence-electron chi connectivity index (χ3n) is 4.33. The zero-order valence-electron chi connectivity index (χ0n) is 15.7. The highest BCUT2D eigenvalue weighted by atomic mass is 19.2. The summed E-state index contributed by atoms with van der Waals surface area (Å²) in [5.74, 6) is -2.31. The van der Waals surface area contributed by atoms with E-state index in [0.29, 0.717) is 12.1 Å². The van der Waals surface area contributed by atoms with Crippen LogP contribution in [0.25, 0.3) is 11.1 Å². The summed E-state index contributed by atoms with van der Waals surface area (Å²) in [4.78, 5) is 11.9. The Kier molecular flexibility index (Phi) is 6.86. The van der Waals surface area contributed by atoms with Gasteiger partial charge in [-0.3, -0.25) is 4.79 Å². The van der Waals surface area contributed by atoms with Crippen LogP contribution in [0.5, 0.6) is 0 Å². The van der Waals surface area contributed by atoms with Crippen LogP contribution in [0, 0.1) is 25.5 Å². The Morgan fingerprint density at radius 3 is 2.38 bits per heavy atom. The van der Waals surface area contributed by atoms with Gasteiger partial charge in [0.1, 0.15) is 0 Å². The average molecular weight is 361 g/mol. The molecule has 2 aromatic carbocycles. The summed E-state index contributed by atoms with van der Waals surface area (Å²) in [5, 5.41) is 3.06. The molecule has 1 atom stereocenters. The lowest BCUT2D eigenvalue weighted by Crippen LogP contribution is -2.26. The lowest BCUT2D eigenvalue weighted by Gasteiger charge is -2.20. The number of hydrogen-bond acceptors (Lipinski definition) is 3. The van der Waals surface area contributed by atoms with E-state index in [1.807, 2.05) is 39.0 Å². The van der Waals surface area contributed by atoms with Crippen molar-refractivity contribution in [3.63, 3.8) is 0 Å². The van der Waals surface area contributed by atoms with Gasteiger partial charge in [0.2, 0.25) is 0 Å². The predicted octanol–water partition coefficient (Wildman–Crippen LogP) is 4.85. The summed E-state index contributed by atoms with van der Waals surface area (Å²) in [6.07, 6.45) is -0.0613. The van der Waals surface area contributed by atoms with Crippen molar-refractivity contribution in [2.75, 3.05) is 13.2 Å². The number of carbonyl (C=O) groups is 1. The molecule has 0 amide bonds.